The molecule has 1 amide bonds. The SMILES string of the molecule is Cc1nn(C)c(C)c1CCC(=O)NC1CCCN(c2ncccn2)C1. The highest BCUT2D eigenvalue weighted by molar-refractivity contribution is 5.76. The summed E-state index contributed by atoms with van der Waals surface area (Å²) in [7, 11) is 1.94. The van der Waals surface area contributed by atoms with E-state index in [1.165, 1.54) is 5.56 Å². The lowest BCUT2D eigenvalue weighted by atomic mass is 10.0. The number of carbonyl (C=O) groups is 1. The first-order valence-electron chi connectivity index (χ1n) is 8.85. The minimum absolute atomic E-state index is 0.100. The fourth-order valence-electron chi connectivity index (χ4n) is 3.45. The molecular weight excluding hydrogens is 316 g/mol. The molecule has 0 radical (unpaired) electrons. The number of rotatable bonds is 5. The van der Waals surface area contributed by atoms with Gasteiger partial charge in [0.25, 0.3) is 0 Å². The van der Waals surface area contributed by atoms with E-state index < -0.39 is 0 Å². The van der Waals surface area contributed by atoms with Gasteiger partial charge in [-0.1, -0.05) is 0 Å². The minimum atomic E-state index is 0.100. The lowest BCUT2D eigenvalue weighted by molar-refractivity contribution is -0.121. The molecule has 3 heterocycles. The molecule has 0 aromatic carbocycles. The summed E-state index contributed by atoms with van der Waals surface area (Å²) in [4.78, 5) is 23.1. The van der Waals surface area contributed by atoms with Crippen LogP contribution in [0.5, 0.6) is 0 Å². The first kappa shape index (κ1) is 17.4. The number of hydrogen-bond acceptors (Lipinski definition) is 5. The third kappa shape index (κ3) is 4.15. The second-order valence-corrected chi connectivity index (χ2v) is 6.67. The number of carbonyl (C=O) groups excluding carboxylic acids is 1. The standard InChI is InChI=1S/C18H26N6O/c1-13-16(14(2)23(3)22-13)7-8-17(25)21-15-6-4-11-24(12-15)18-19-9-5-10-20-18/h5,9-10,15H,4,6-8,11-12H2,1-3H3,(H,21,25). The van der Waals surface area contributed by atoms with Gasteiger partial charge in [0.05, 0.1) is 5.69 Å². The molecule has 7 nitrogen and oxygen atoms in total. The highest BCUT2D eigenvalue weighted by Crippen LogP contribution is 2.16. The van der Waals surface area contributed by atoms with E-state index in [2.05, 4.69) is 25.3 Å². The van der Waals surface area contributed by atoms with E-state index in [4.69, 9.17) is 0 Å². The average Bonchev–Trinajstić information content (AvgIpc) is 2.86. The highest BCUT2D eigenvalue weighted by Gasteiger charge is 2.23. The Morgan fingerprint density at radius 1 is 1.32 bits per heavy atom. The van der Waals surface area contributed by atoms with E-state index in [1.54, 1.807) is 12.4 Å². The van der Waals surface area contributed by atoms with Crippen LogP contribution in [0.3, 0.4) is 0 Å². The Balaban J connectivity index is 1.52. The first-order chi connectivity index (χ1) is 12.0. The van der Waals surface area contributed by atoms with Gasteiger partial charge in [-0.3, -0.25) is 9.48 Å². The third-order valence-electron chi connectivity index (χ3n) is 4.88. The van der Waals surface area contributed by atoms with Crippen molar-refractivity contribution in [3.63, 3.8) is 0 Å². The summed E-state index contributed by atoms with van der Waals surface area (Å²) in [5.74, 6) is 0.839. The second kappa shape index (κ2) is 7.63. The maximum Gasteiger partial charge on any atom is 0.225 e. The van der Waals surface area contributed by atoms with Gasteiger partial charge in [0.1, 0.15) is 0 Å². The Morgan fingerprint density at radius 2 is 2.08 bits per heavy atom. The van der Waals surface area contributed by atoms with Crippen LogP contribution in [-0.2, 0) is 18.3 Å². The molecule has 1 unspecified atom stereocenters. The molecule has 1 saturated heterocycles. The summed E-state index contributed by atoms with van der Waals surface area (Å²) in [6.45, 7) is 5.75. The van der Waals surface area contributed by atoms with Gasteiger partial charge in [0.2, 0.25) is 11.9 Å². The number of amides is 1. The lowest BCUT2D eigenvalue weighted by Gasteiger charge is -2.33. The summed E-state index contributed by atoms with van der Waals surface area (Å²) in [6.07, 6.45) is 6.76. The Labute approximate surface area is 148 Å². The van der Waals surface area contributed by atoms with Crippen LogP contribution in [0.2, 0.25) is 0 Å². The number of piperidine rings is 1. The van der Waals surface area contributed by atoms with E-state index in [0.29, 0.717) is 6.42 Å². The van der Waals surface area contributed by atoms with Crippen LogP contribution in [0.25, 0.3) is 0 Å². The van der Waals surface area contributed by atoms with Crippen molar-refractivity contribution < 1.29 is 4.79 Å². The zero-order valence-corrected chi connectivity index (χ0v) is 15.2. The molecule has 1 aliphatic heterocycles. The topological polar surface area (TPSA) is 75.9 Å². The Kier molecular flexibility index (Phi) is 5.31. The fourth-order valence-corrected chi connectivity index (χ4v) is 3.45. The van der Waals surface area contributed by atoms with Gasteiger partial charge in [0.15, 0.2) is 0 Å². The maximum absolute atomic E-state index is 12.4. The fraction of sp³-hybridized carbons (Fsp3) is 0.556. The molecule has 2 aromatic heterocycles. The van der Waals surface area contributed by atoms with Crippen molar-refractivity contribution in [2.24, 2.45) is 7.05 Å². The summed E-state index contributed by atoms with van der Waals surface area (Å²) in [5.41, 5.74) is 3.33. The van der Waals surface area contributed by atoms with Crippen LogP contribution in [0.15, 0.2) is 18.5 Å². The van der Waals surface area contributed by atoms with E-state index in [0.717, 1.165) is 49.7 Å². The molecule has 3 rings (SSSR count). The van der Waals surface area contributed by atoms with Crippen molar-refractivity contribution in [2.45, 2.75) is 45.6 Å². The zero-order chi connectivity index (χ0) is 17.8. The molecular formula is C18H26N6O. The van der Waals surface area contributed by atoms with Gasteiger partial charge in [-0.15, -0.1) is 0 Å². The van der Waals surface area contributed by atoms with Crippen LogP contribution >= 0.6 is 0 Å². The minimum Gasteiger partial charge on any atom is -0.352 e. The second-order valence-electron chi connectivity index (χ2n) is 6.67. The number of nitrogens with one attached hydrogen (secondary N) is 1. The van der Waals surface area contributed by atoms with Crippen molar-refractivity contribution in [2.75, 3.05) is 18.0 Å². The highest BCUT2D eigenvalue weighted by atomic mass is 16.1. The molecule has 1 fully saturated rings. The molecule has 0 spiro atoms. The van der Waals surface area contributed by atoms with Crippen molar-refractivity contribution in [3.8, 4) is 0 Å². The average molecular weight is 342 g/mol. The molecule has 1 aliphatic rings. The molecule has 0 aliphatic carbocycles. The number of hydrogen-bond donors (Lipinski definition) is 1. The van der Waals surface area contributed by atoms with E-state index >= 15 is 0 Å². The summed E-state index contributed by atoms with van der Waals surface area (Å²) in [6, 6.07) is 1.97. The van der Waals surface area contributed by atoms with E-state index in [-0.39, 0.29) is 11.9 Å². The maximum atomic E-state index is 12.4. The molecule has 0 bridgehead atoms. The quantitative estimate of drug-likeness (QED) is 0.892. The van der Waals surface area contributed by atoms with E-state index in [9.17, 15) is 4.79 Å². The lowest BCUT2D eigenvalue weighted by Crippen LogP contribution is -2.48. The third-order valence-corrected chi connectivity index (χ3v) is 4.88. The van der Waals surface area contributed by atoms with Crippen molar-refractivity contribution in [1.82, 2.24) is 25.1 Å². The van der Waals surface area contributed by atoms with Crippen LogP contribution in [0.4, 0.5) is 5.95 Å². The van der Waals surface area contributed by atoms with Gasteiger partial charge < -0.3 is 10.2 Å². The first-order valence-corrected chi connectivity index (χ1v) is 8.85. The van der Waals surface area contributed by atoms with E-state index in [1.807, 2.05) is 31.6 Å². The Bertz CT molecular complexity index is 727. The number of aromatic nitrogens is 4. The zero-order valence-electron chi connectivity index (χ0n) is 15.2. The Morgan fingerprint density at radius 3 is 2.76 bits per heavy atom. The van der Waals surface area contributed by atoms with Crippen molar-refractivity contribution in [1.29, 1.82) is 0 Å². The molecule has 134 valence electrons. The smallest absolute Gasteiger partial charge is 0.225 e. The van der Waals surface area contributed by atoms with Gasteiger partial charge in [0, 0.05) is 50.7 Å². The van der Waals surface area contributed by atoms with Gasteiger partial charge >= 0.3 is 0 Å². The molecule has 1 N–H and O–H groups in total. The van der Waals surface area contributed by atoms with Crippen LogP contribution in [0, 0.1) is 13.8 Å². The van der Waals surface area contributed by atoms with Crippen molar-refractivity contribution in [3.05, 3.63) is 35.4 Å². The summed E-state index contributed by atoms with van der Waals surface area (Å²) in [5, 5.41) is 7.58. The molecule has 2 aromatic rings. The molecule has 0 saturated carbocycles. The molecule has 25 heavy (non-hydrogen) atoms. The van der Waals surface area contributed by atoms with Gasteiger partial charge in [-0.2, -0.15) is 5.10 Å². The summed E-state index contributed by atoms with van der Waals surface area (Å²) >= 11 is 0. The number of aryl methyl sites for hydroxylation is 2. The van der Waals surface area contributed by atoms with Crippen LogP contribution < -0.4 is 10.2 Å². The largest absolute Gasteiger partial charge is 0.352 e. The normalized spacial score (nSPS) is 17.6. The van der Waals surface area contributed by atoms with Crippen LogP contribution in [0.1, 0.15) is 36.2 Å². The molecule has 7 heteroatoms. The Hall–Kier alpha value is -2.44. The number of anilines is 1. The van der Waals surface area contributed by atoms with Gasteiger partial charge in [-0.05, 0) is 44.7 Å². The monoisotopic (exact) mass is 342 g/mol. The molecule has 1 atom stereocenters. The predicted molar refractivity (Wildman–Crippen MR) is 96.4 cm³/mol. The summed E-state index contributed by atoms with van der Waals surface area (Å²) < 4.78 is 1.88. The predicted octanol–water partition coefficient (Wildman–Crippen LogP) is 1.54. The van der Waals surface area contributed by atoms with Gasteiger partial charge in [-0.25, -0.2) is 9.97 Å². The number of nitrogens with zero attached hydrogens (tertiary/aromatic N) is 5. The van der Waals surface area contributed by atoms with Crippen molar-refractivity contribution >= 4 is 11.9 Å². The van der Waals surface area contributed by atoms with Crippen LogP contribution in [-0.4, -0.2) is 44.8 Å².